The number of carbonyl (C=O) groups excluding carboxylic acids is 1. The molecular weight excluding hydrogens is 639 g/mol. The Balaban J connectivity index is 1.14. The number of anilines is 1. The van der Waals surface area contributed by atoms with E-state index >= 15 is 0 Å². The maximum Gasteiger partial charge on any atom is 0.291 e. The number of aromatic nitrogens is 3. The fraction of sp³-hybridized carbons (Fsp3) is 0.400. The topological polar surface area (TPSA) is 114 Å². The minimum Gasteiger partial charge on any atom is -0.481 e. The monoisotopic (exact) mass is 676 g/mol. The number of nitrogens with zero attached hydrogens (tertiary/aromatic N) is 4. The molecule has 1 saturated carbocycles. The highest BCUT2D eigenvalue weighted by atomic mass is 35.5. The van der Waals surface area contributed by atoms with Crippen LogP contribution in [0.4, 0.5) is 5.69 Å². The molecule has 4 aromatic rings. The number of fused-ring (bicyclic) bond motifs is 1. The van der Waals surface area contributed by atoms with Gasteiger partial charge in [0.1, 0.15) is 0 Å². The largest absolute Gasteiger partial charge is 0.481 e. The van der Waals surface area contributed by atoms with Crippen molar-refractivity contribution < 1.29 is 19.4 Å². The van der Waals surface area contributed by atoms with Crippen LogP contribution in [-0.2, 0) is 24.2 Å². The van der Waals surface area contributed by atoms with Gasteiger partial charge in [-0.2, -0.15) is 0 Å². The summed E-state index contributed by atoms with van der Waals surface area (Å²) >= 11 is 14.0. The zero-order valence-electron chi connectivity index (χ0n) is 26.4. The van der Waals surface area contributed by atoms with Crippen molar-refractivity contribution in [1.82, 2.24) is 24.8 Å². The number of halogens is 2. The zero-order valence-corrected chi connectivity index (χ0v) is 27.9. The summed E-state index contributed by atoms with van der Waals surface area (Å²) < 4.78 is 13.1. The average Bonchev–Trinajstić information content (AvgIpc) is 3.85. The molecule has 2 atom stereocenters. The lowest BCUT2D eigenvalue weighted by Crippen LogP contribution is -2.46. The van der Waals surface area contributed by atoms with Crippen molar-refractivity contribution in [2.24, 2.45) is 0 Å². The Morgan fingerprint density at radius 3 is 2.57 bits per heavy atom. The minimum atomic E-state index is -0.555. The van der Waals surface area contributed by atoms with Crippen LogP contribution in [0, 0.1) is 0 Å². The number of aliphatic hydroxyl groups is 1. The molecule has 0 spiro atoms. The van der Waals surface area contributed by atoms with Crippen LogP contribution in [-0.4, -0.2) is 76.5 Å². The molecule has 1 saturated heterocycles. The number of aliphatic hydroxyl groups excluding tert-OH is 1. The Morgan fingerprint density at radius 2 is 1.81 bits per heavy atom. The van der Waals surface area contributed by atoms with Crippen LogP contribution in [0.3, 0.4) is 0 Å². The Kier molecular flexibility index (Phi) is 9.24. The van der Waals surface area contributed by atoms with E-state index in [0.717, 1.165) is 50.0 Å². The van der Waals surface area contributed by atoms with Crippen molar-refractivity contribution in [3.05, 3.63) is 81.4 Å². The quantitative estimate of drug-likeness (QED) is 0.206. The smallest absolute Gasteiger partial charge is 0.291 e. The van der Waals surface area contributed by atoms with Crippen LogP contribution >= 0.6 is 23.2 Å². The predicted molar refractivity (Wildman–Crippen MR) is 182 cm³/mol. The van der Waals surface area contributed by atoms with Gasteiger partial charge in [0.05, 0.1) is 46.9 Å². The lowest BCUT2D eigenvalue weighted by Gasteiger charge is -2.28. The zero-order chi connectivity index (χ0) is 32.7. The van der Waals surface area contributed by atoms with Crippen molar-refractivity contribution in [2.45, 2.75) is 57.0 Å². The summed E-state index contributed by atoms with van der Waals surface area (Å²) in [6.07, 6.45) is 3.18. The molecular formula is C35H38Cl2N6O4. The first-order valence-electron chi connectivity index (χ1n) is 16.0. The Bertz CT molecular complexity index is 1810. The van der Waals surface area contributed by atoms with Crippen molar-refractivity contribution in [2.75, 3.05) is 39.2 Å². The number of nitrogens with one attached hydrogen (secondary N) is 2. The lowest BCUT2D eigenvalue weighted by atomic mass is 10.00. The molecule has 4 heterocycles. The van der Waals surface area contributed by atoms with Gasteiger partial charge in [-0.3, -0.25) is 4.79 Å². The minimum absolute atomic E-state index is 0.0585. The molecule has 0 bridgehead atoms. The second-order valence-corrected chi connectivity index (χ2v) is 13.2. The number of amides is 1. The van der Waals surface area contributed by atoms with E-state index in [4.69, 9.17) is 42.6 Å². The van der Waals surface area contributed by atoms with Gasteiger partial charge >= 0.3 is 0 Å². The molecule has 246 valence electrons. The standard InChI is InChI=1S/C35H38Cl2N6O4/c1-42-15-13-29-28(18-42)39-33(43(29)21-10-11-21)34(45)40-27-8-4-6-23(32(27)37)22-5-3-7-24(31(22)36)25-12-9-20(35(41-25)46-2)17-38-26-14-16-47-19-30(26)44/h3-9,12,21,26,30,38,44H,10-11,13-19H2,1-2H3,(H,40,45)/t26-,30-/m1/s1. The van der Waals surface area contributed by atoms with E-state index < -0.39 is 6.10 Å². The number of pyridine rings is 1. The van der Waals surface area contributed by atoms with Crippen molar-refractivity contribution in [3.63, 3.8) is 0 Å². The number of carbonyl (C=O) groups is 1. The number of rotatable bonds is 9. The van der Waals surface area contributed by atoms with E-state index in [2.05, 4.69) is 27.1 Å². The number of hydrogen-bond acceptors (Lipinski definition) is 8. The third-order valence-electron chi connectivity index (χ3n) is 9.18. The molecule has 7 rings (SSSR count). The van der Waals surface area contributed by atoms with E-state index in [1.807, 2.05) is 42.5 Å². The number of imidazole rings is 1. The highest BCUT2D eigenvalue weighted by molar-refractivity contribution is 6.39. The summed E-state index contributed by atoms with van der Waals surface area (Å²) in [5, 5.41) is 17.5. The first-order chi connectivity index (χ1) is 22.8. The molecule has 10 nitrogen and oxygen atoms in total. The fourth-order valence-electron chi connectivity index (χ4n) is 6.51. The van der Waals surface area contributed by atoms with Gasteiger partial charge in [0.2, 0.25) is 5.88 Å². The molecule has 2 aliphatic heterocycles. The Hall–Kier alpha value is -3.51. The van der Waals surface area contributed by atoms with Crippen molar-refractivity contribution >= 4 is 34.8 Å². The van der Waals surface area contributed by atoms with E-state index in [1.54, 1.807) is 13.2 Å². The molecule has 3 N–H and O–H groups in total. The van der Waals surface area contributed by atoms with Gasteiger partial charge in [-0.05, 0) is 38.4 Å². The van der Waals surface area contributed by atoms with Gasteiger partial charge in [0.25, 0.3) is 5.91 Å². The number of benzene rings is 2. The summed E-state index contributed by atoms with van der Waals surface area (Å²) in [5.74, 6) is 0.639. The third kappa shape index (κ3) is 6.50. The van der Waals surface area contributed by atoms with Gasteiger partial charge in [-0.15, -0.1) is 0 Å². The number of ether oxygens (including phenoxy) is 2. The van der Waals surface area contributed by atoms with Gasteiger partial charge in [-0.1, -0.05) is 59.6 Å². The maximum atomic E-state index is 13.7. The normalized spacial score (nSPS) is 19.8. The number of hydrogen-bond donors (Lipinski definition) is 3. The molecule has 2 aromatic carbocycles. The van der Waals surface area contributed by atoms with Gasteiger partial charge in [-0.25, -0.2) is 9.97 Å². The van der Waals surface area contributed by atoms with E-state index in [1.165, 1.54) is 5.69 Å². The van der Waals surface area contributed by atoms with Crippen LogP contribution in [0.25, 0.3) is 22.4 Å². The van der Waals surface area contributed by atoms with Crippen LogP contribution < -0.4 is 15.4 Å². The molecule has 1 aliphatic carbocycles. The van der Waals surface area contributed by atoms with E-state index in [9.17, 15) is 9.90 Å². The summed E-state index contributed by atoms with van der Waals surface area (Å²) in [6.45, 7) is 3.11. The fourth-order valence-corrected chi connectivity index (χ4v) is 7.11. The second-order valence-electron chi connectivity index (χ2n) is 12.5. The molecule has 1 amide bonds. The second kappa shape index (κ2) is 13.5. The van der Waals surface area contributed by atoms with Gasteiger partial charge in [0, 0.05) is 72.7 Å². The first-order valence-corrected chi connectivity index (χ1v) is 16.8. The van der Waals surface area contributed by atoms with Crippen LogP contribution in [0.2, 0.25) is 10.0 Å². The highest BCUT2D eigenvalue weighted by Gasteiger charge is 2.34. The summed E-state index contributed by atoms with van der Waals surface area (Å²) in [7, 11) is 3.66. The molecule has 2 aromatic heterocycles. The third-order valence-corrected chi connectivity index (χ3v) is 10.00. The molecule has 0 radical (unpaired) electrons. The molecule has 2 fully saturated rings. The van der Waals surface area contributed by atoms with Crippen molar-refractivity contribution in [1.29, 1.82) is 0 Å². The SMILES string of the molecule is COc1nc(-c2cccc(-c3cccc(NC(=O)c4nc5c(n4C4CC4)CCN(C)C5)c3Cl)c2Cl)ccc1CN[C@@H]1CCOC[C@H]1O. The highest BCUT2D eigenvalue weighted by Crippen LogP contribution is 2.42. The molecule has 47 heavy (non-hydrogen) atoms. The number of likely N-dealkylation sites (N-methyl/N-ethyl adjacent to an activating group) is 1. The maximum absolute atomic E-state index is 13.7. The van der Waals surface area contributed by atoms with Crippen LogP contribution in [0.5, 0.6) is 5.88 Å². The molecule has 3 aliphatic rings. The number of methoxy groups -OCH3 is 1. The van der Waals surface area contributed by atoms with Gasteiger partial charge in [0.15, 0.2) is 5.82 Å². The summed E-state index contributed by atoms with van der Waals surface area (Å²) in [4.78, 5) is 25.5. The van der Waals surface area contributed by atoms with E-state index in [0.29, 0.717) is 75.6 Å². The predicted octanol–water partition coefficient (Wildman–Crippen LogP) is 5.74. The van der Waals surface area contributed by atoms with Crippen molar-refractivity contribution in [3.8, 4) is 28.3 Å². The molecule has 12 heteroatoms. The average molecular weight is 678 g/mol. The Labute approximate surface area is 284 Å². The van der Waals surface area contributed by atoms with Crippen LogP contribution in [0.1, 0.15) is 52.9 Å². The summed E-state index contributed by atoms with van der Waals surface area (Å²) in [6, 6.07) is 15.4. The summed E-state index contributed by atoms with van der Waals surface area (Å²) in [5.41, 5.74) is 6.26. The first kappa shape index (κ1) is 32.1. The Morgan fingerprint density at radius 1 is 1.04 bits per heavy atom. The van der Waals surface area contributed by atoms with E-state index in [-0.39, 0.29) is 11.9 Å². The lowest BCUT2D eigenvalue weighted by molar-refractivity contribution is -0.0281. The van der Waals surface area contributed by atoms with Crippen LogP contribution in [0.15, 0.2) is 48.5 Å². The van der Waals surface area contributed by atoms with Gasteiger partial charge < -0.3 is 34.7 Å². The molecule has 0 unspecified atom stereocenters.